The lowest BCUT2D eigenvalue weighted by Crippen LogP contribution is -2.54. The van der Waals surface area contributed by atoms with Crippen molar-refractivity contribution in [2.24, 2.45) is 0 Å². The summed E-state index contributed by atoms with van der Waals surface area (Å²) >= 11 is 1.30. The zero-order valence-corrected chi connectivity index (χ0v) is 15.2. The van der Waals surface area contributed by atoms with Gasteiger partial charge in [0.1, 0.15) is 4.21 Å². The van der Waals surface area contributed by atoms with Gasteiger partial charge in [0, 0.05) is 31.1 Å². The van der Waals surface area contributed by atoms with Gasteiger partial charge in [-0.3, -0.25) is 9.69 Å². The molecule has 3 rings (SSSR count). The fourth-order valence-electron chi connectivity index (χ4n) is 3.26. The van der Waals surface area contributed by atoms with E-state index in [0.717, 1.165) is 24.3 Å². The van der Waals surface area contributed by atoms with Crippen LogP contribution in [0.1, 0.15) is 17.7 Å². The van der Waals surface area contributed by atoms with Crippen molar-refractivity contribution >= 4 is 27.3 Å². The number of nitrogens with zero attached hydrogens (tertiary/aromatic N) is 3. The zero-order chi connectivity index (χ0) is 16.6. The van der Waals surface area contributed by atoms with Gasteiger partial charge in [-0.25, -0.2) is 8.42 Å². The van der Waals surface area contributed by atoms with E-state index in [-0.39, 0.29) is 11.9 Å². The van der Waals surface area contributed by atoms with Crippen LogP contribution >= 0.6 is 11.3 Å². The summed E-state index contributed by atoms with van der Waals surface area (Å²) < 4.78 is 27.1. The third-order valence-corrected chi connectivity index (χ3v) is 8.03. The van der Waals surface area contributed by atoms with Gasteiger partial charge in [0.05, 0.1) is 6.04 Å². The number of likely N-dealkylation sites (N-methyl/N-ethyl adjacent to an activating group) is 1. The Balaban J connectivity index is 1.63. The Hall–Kier alpha value is -0.960. The van der Waals surface area contributed by atoms with E-state index in [1.54, 1.807) is 6.07 Å². The van der Waals surface area contributed by atoms with Crippen molar-refractivity contribution in [3.05, 3.63) is 17.0 Å². The minimum atomic E-state index is -3.42. The Morgan fingerprint density at radius 3 is 2.39 bits per heavy atom. The predicted molar refractivity (Wildman–Crippen MR) is 90.0 cm³/mol. The number of likely N-dealkylation sites (tertiary alicyclic amines) is 1. The normalized spacial score (nSPS) is 24.3. The van der Waals surface area contributed by atoms with E-state index in [1.165, 1.54) is 15.6 Å². The van der Waals surface area contributed by atoms with Gasteiger partial charge < -0.3 is 4.90 Å². The van der Waals surface area contributed by atoms with E-state index in [4.69, 9.17) is 0 Å². The molecule has 23 heavy (non-hydrogen) atoms. The third kappa shape index (κ3) is 3.31. The molecular weight excluding hydrogens is 334 g/mol. The molecule has 128 valence electrons. The van der Waals surface area contributed by atoms with Gasteiger partial charge in [0.25, 0.3) is 10.0 Å². The number of hydrogen-bond acceptors (Lipinski definition) is 5. The molecule has 0 aromatic carbocycles. The number of thiophene rings is 1. The molecule has 0 saturated carbocycles. The van der Waals surface area contributed by atoms with Crippen LogP contribution in [-0.2, 0) is 14.8 Å². The maximum Gasteiger partial charge on any atom is 0.252 e. The first-order valence-electron chi connectivity index (χ1n) is 7.95. The van der Waals surface area contributed by atoms with Gasteiger partial charge in [-0.05, 0) is 45.5 Å². The lowest BCUT2D eigenvalue weighted by atomic mass is 10.2. The molecule has 0 bridgehead atoms. The van der Waals surface area contributed by atoms with Crippen LogP contribution in [-0.4, -0.2) is 74.2 Å². The van der Waals surface area contributed by atoms with Gasteiger partial charge in [-0.2, -0.15) is 4.31 Å². The van der Waals surface area contributed by atoms with Crippen LogP contribution < -0.4 is 0 Å². The molecule has 0 N–H and O–H groups in total. The number of rotatable bonds is 3. The van der Waals surface area contributed by atoms with Crippen molar-refractivity contribution in [3.8, 4) is 0 Å². The molecule has 1 aromatic rings. The highest BCUT2D eigenvalue weighted by atomic mass is 32.2. The van der Waals surface area contributed by atoms with Crippen molar-refractivity contribution in [1.29, 1.82) is 0 Å². The smallest absolute Gasteiger partial charge is 0.252 e. The SMILES string of the molecule is Cc1ccc(S(=O)(=O)N2CCN(C(=O)C3CCCN3C)CC2)s1. The minimum absolute atomic E-state index is 0.0295. The fourth-order valence-corrected chi connectivity index (χ4v) is 6.12. The van der Waals surface area contributed by atoms with Gasteiger partial charge in [0.2, 0.25) is 5.91 Å². The van der Waals surface area contributed by atoms with Crippen molar-refractivity contribution in [2.75, 3.05) is 39.8 Å². The second-order valence-corrected chi connectivity index (χ2v) is 9.69. The second-order valence-electron chi connectivity index (χ2n) is 6.23. The summed E-state index contributed by atoms with van der Waals surface area (Å²) in [6.45, 7) is 4.57. The van der Waals surface area contributed by atoms with Crippen LogP contribution in [0.5, 0.6) is 0 Å². The average molecular weight is 358 g/mol. The number of amides is 1. The molecule has 1 unspecified atom stereocenters. The Morgan fingerprint density at radius 2 is 1.87 bits per heavy atom. The molecule has 0 radical (unpaired) electrons. The van der Waals surface area contributed by atoms with Crippen molar-refractivity contribution in [1.82, 2.24) is 14.1 Å². The number of hydrogen-bond donors (Lipinski definition) is 0. The van der Waals surface area contributed by atoms with Crippen LogP contribution in [0, 0.1) is 6.92 Å². The summed E-state index contributed by atoms with van der Waals surface area (Å²) in [6.07, 6.45) is 1.96. The Labute approximate surface area is 141 Å². The number of aryl methyl sites for hydroxylation is 1. The molecule has 8 heteroatoms. The molecule has 3 heterocycles. The van der Waals surface area contributed by atoms with Gasteiger partial charge in [-0.15, -0.1) is 11.3 Å². The van der Waals surface area contributed by atoms with Crippen LogP contribution in [0.3, 0.4) is 0 Å². The molecule has 2 fully saturated rings. The molecule has 2 aliphatic heterocycles. The number of carbonyl (C=O) groups is 1. The molecule has 2 aliphatic rings. The summed E-state index contributed by atoms with van der Waals surface area (Å²) in [6, 6.07) is 3.46. The Morgan fingerprint density at radius 1 is 1.17 bits per heavy atom. The summed E-state index contributed by atoms with van der Waals surface area (Å²) in [4.78, 5) is 17.5. The number of carbonyl (C=O) groups excluding carboxylic acids is 1. The average Bonchev–Trinajstić information content (AvgIpc) is 3.15. The summed E-state index contributed by atoms with van der Waals surface area (Å²) in [5.41, 5.74) is 0. The van der Waals surface area contributed by atoms with Gasteiger partial charge >= 0.3 is 0 Å². The number of sulfonamides is 1. The van der Waals surface area contributed by atoms with E-state index in [2.05, 4.69) is 4.90 Å². The van der Waals surface area contributed by atoms with Gasteiger partial charge in [0.15, 0.2) is 0 Å². The molecule has 2 saturated heterocycles. The van der Waals surface area contributed by atoms with E-state index in [9.17, 15) is 13.2 Å². The minimum Gasteiger partial charge on any atom is -0.339 e. The van der Waals surface area contributed by atoms with E-state index in [1.807, 2.05) is 24.9 Å². The molecule has 6 nitrogen and oxygen atoms in total. The second kappa shape index (κ2) is 6.51. The molecule has 0 aliphatic carbocycles. The first-order chi connectivity index (χ1) is 10.9. The van der Waals surface area contributed by atoms with Crippen LogP contribution in [0.2, 0.25) is 0 Å². The first-order valence-corrected chi connectivity index (χ1v) is 10.2. The van der Waals surface area contributed by atoms with Gasteiger partial charge in [-0.1, -0.05) is 0 Å². The summed E-state index contributed by atoms with van der Waals surface area (Å²) in [5.74, 6) is 0.147. The molecule has 1 amide bonds. The van der Waals surface area contributed by atoms with Crippen LogP contribution in [0.25, 0.3) is 0 Å². The van der Waals surface area contributed by atoms with Crippen molar-refractivity contribution in [2.45, 2.75) is 30.0 Å². The standard InChI is InChI=1S/C15H23N3O3S2/c1-12-5-6-14(22-12)23(20,21)18-10-8-17(9-11-18)15(19)13-4-3-7-16(13)2/h5-6,13H,3-4,7-11H2,1-2H3. The predicted octanol–water partition coefficient (Wildman–Crippen LogP) is 0.984. The Kier molecular flexibility index (Phi) is 4.78. The highest BCUT2D eigenvalue weighted by Crippen LogP contribution is 2.25. The third-order valence-electron chi connectivity index (χ3n) is 4.67. The largest absolute Gasteiger partial charge is 0.339 e. The lowest BCUT2D eigenvalue weighted by molar-refractivity contribution is -0.136. The monoisotopic (exact) mass is 357 g/mol. The quantitative estimate of drug-likeness (QED) is 0.809. The van der Waals surface area contributed by atoms with Crippen molar-refractivity contribution in [3.63, 3.8) is 0 Å². The van der Waals surface area contributed by atoms with Crippen LogP contribution in [0.15, 0.2) is 16.3 Å². The molecular formula is C15H23N3O3S2. The van der Waals surface area contributed by atoms with E-state index < -0.39 is 10.0 Å². The summed E-state index contributed by atoms with van der Waals surface area (Å²) in [5, 5.41) is 0. The highest BCUT2D eigenvalue weighted by Gasteiger charge is 2.35. The summed E-state index contributed by atoms with van der Waals surface area (Å²) in [7, 11) is -1.44. The highest BCUT2D eigenvalue weighted by molar-refractivity contribution is 7.91. The number of piperazine rings is 1. The Bertz CT molecular complexity index is 678. The molecule has 0 spiro atoms. The van der Waals surface area contributed by atoms with E-state index >= 15 is 0 Å². The topological polar surface area (TPSA) is 60.9 Å². The molecule has 1 atom stereocenters. The van der Waals surface area contributed by atoms with E-state index in [0.29, 0.717) is 30.4 Å². The zero-order valence-electron chi connectivity index (χ0n) is 13.6. The maximum atomic E-state index is 12.6. The van der Waals surface area contributed by atoms with Crippen LogP contribution in [0.4, 0.5) is 0 Å². The fraction of sp³-hybridized carbons (Fsp3) is 0.667. The first kappa shape index (κ1) is 16.9. The molecule has 1 aromatic heterocycles. The lowest BCUT2D eigenvalue weighted by Gasteiger charge is -2.36. The van der Waals surface area contributed by atoms with Crippen molar-refractivity contribution < 1.29 is 13.2 Å². The maximum absolute atomic E-state index is 12.6.